The summed E-state index contributed by atoms with van der Waals surface area (Å²) >= 11 is 0. The summed E-state index contributed by atoms with van der Waals surface area (Å²) in [7, 11) is 0. The first-order valence-electron chi connectivity index (χ1n) is 7.67. The van der Waals surface area contributed by atoms with Gasteiger partial charge in [-0.05, 0) is 43.9 Å². The second kappa shape index (κ2) is 4.89. The summed E-state index contributed by atoms with van der Waals surface area (Å²) in [6.45, 7) is 4.41. The van der Waals surface area contributed by atoms with E-state index in [2.05, 4.69) is 12.2 Å². The Labute approximate surface area is 105 Å². The van der Waals surface area contributed by atoms with E-state index in [0.29, 0.717) is 6.04 Å². The van der Waals surface area contributed by atoms with Crippen molar-refractivity contribution in [3.8, 4) is 0 Å². The SMILES string of the molecule is CC1CCCC2(CC1)OCCNC2C1CCC1. The summed E-state index contributed by atoms with van der Waals surface area (Å²) in [6.07, 6.45) is 11.0. The van der Waals surface area contributed by atoms with Crippen molar-refractivity contribution in [1.29, 1.82) is 0 Å². The van der Waals surface area contributed by atoms with Crippen LogP contribution >= 0.6 is 0 Å². The molecule has 3 atom stereocenters. The van der Waals surface area contributed by atoms with E-state index < -0.39 is 0 Å². The highest BCUT2D eigenvalue weighted by molar-refractivity contribution is 5.02. The number of morpholine rings is 1. The fourth-order valence-corrected chi connectivity index (χ4v) is 4.08. The molecule has 3 unspecified atom stereocenters. The van der Waals surface area contributed by atoms with Gasteiger partial charge in [0.2, 0.25) is 0 Å². The summed E-state index contributed by atoms with van der Waals surface area (Å²) in [5.41, 5.74) is 0.202. The Morgan fingerprint density at radius 1 is 1.06 bits per heavy atom. The normalized spacial score (nSPS) is 44.3. The molecule has 17 heavy (non-hydrogen) atoms. The Morgan fingerprint density at radius 2 is 1.94 bits per heavy atom. The summed E-state index contributed by atoms with van der Waals surface area (Å²) in [5, 5.41) is 3.80. The molecule has 0 amide bonds. The predicted octanol–water partition coefficient (Wildman–Crippen LogP) is 3.11. The average Bonchev–Trinajstić information content (AvgIpc) is 2.44. The minimum atomic E-state index is 0.202. The van der Waals surface area contributed by atoms with Crippen LogP contribution in [-0.4, -0.2) is 24.8 Å². The zero-order chi connectivity index (χ0) is 11.7. The molecule has 1 aliphatic heterocycles. The third-order valence-corrected chi connectivity index (χ3v) is 5.40. The van der Waals surface area contributed by atoms with Crippen molar-refractivity contribution in [2.24, 2.45) is 11.8 Å². The molecule has 2 aliphatic carbocycles. The molecule has 0 aromatic rings. The van der Waals surface area contributed by atoms with Crippen LogP contribution in [-0.2, 0) is 4.74 Å². The van der Waals surface area contributed by atoms with E-state index in [0.717, 1.165) is 25.0 Å². The number of rotatable bonds is 1. The lowest BCUT2D eigenvalue weighted by atomic mass is 9.70. The van der Waals surface area contributed by atoms with Gasteiger partial charge in [0.25, 0.3) is 0 Å². The molecule has 1 N–H and O–H groups in total. The third-order valence-electron chi connectivity index (χ3n) is 5.40. The summed E-state index contributed by atoms with van der Waals surface area (Å²) in [6, 6.07) is 0.662. The van der Waals surface area contributed by atoms with Crippen molar-refractivity contribution in [3.63, 3.8) is 0 Å². The Balaban J connectivity index is 1.75. The highest BCUT2D eigenvalue weighted by Gasteiger charge is 2.47. The van der Waals surface area contributed by atoms with E-state index in [4.69, 9.17) is 4.74 Å². The van der Waals surface area contributed by atoms with Crippen LogP contribution < -0.4 is 5.32 Å². The molecule has 0 radical (unpaired) electrons. The fraction of sp³-hybridized carbons (Fsp3) is 1.00. The minimum Gasteiger partial charge on any atom is -0.372 e. The Morgan fingerprint density at radius 3 is 2.71 bits per heavy atom. The first-order valence-corrected chi connectivity index (χ1v) is 7.67. The van der Waals surface area contributed by atoms with Crippen molar-refractivity contribution in [2.45, 2.75) is 69.9 Å². The molecule has 0 bridgehead atoms. The lowest BCUT2D eigenvalue weighted by Crippen LogP contribution is -2.62. The molecule has 0 aromatic heterocycles. The topological polar surface area (TPSA) is 21.3 Å². The highest BCUT2D eigenvalue weighted by Crippen LogP contribution is 2.43. The zero-order valence-corrected chi connectivity index (χ0v) is 11.2. The monoisotopic (exact) mass is 237 g/mol. The van der Waals surface area contributed by atoms with Gasteiger partial charge in [-0.1, -0.05) is 26.2 Å². The largest absolute Gasteiger partial charge is 0.372 e. The Kier molecular flexibility index (Phi) is 3.45. The van der Waals surface area contributed by atoms with Crippen LogP contribution in [0.5, 0.6) is 0 Å². The van der Waals surface area contributed by atoms with Crippen LogP contribution in [0.1, 0.15) is 58.3 Å². The van der Waals surface area contributed by atoms with Gasteiger partial charge in [0.05, 0.1) is 12.2 Å². The lowest BCUT2D eigenvalue weighted by Gasteiger charge is -2.50. The van der Waals surface area contributed by atoms with Crippen LogP contribution in [0, 0.1) is 11.8 Å². The fourth-order valence-electron chi connectivity index (χ4n) is 4.08. The summed E-state index contributed by atoms with van der Waals surface area (Å²) in [4.78, 5) is 0. The van der Waals surface area contributed by atoms with Crippen LogP contribution in [0.2, 0.25) is 0 Å². The second-order valence-corrected chi connectivity index (χ2v) is 6.57. The first kappa shape index (κ1) is 12.0. The molecule has 2 saturated carbocycles. The van der Waals surface area contributed by atoms with Gasteiger partial charge in [-0.2, -0.15) is 0 Å². The molecular weight excluding hydrogens is 210 g/mol. The molecular formula is C15H27NO. The van der Waals surface area contributed by atoms with Crippen LogP contribution in [0.25, 0.3) is 0 Å². The first-order chi connectivity index (χ1) is 8.30. The number of hydrogen-bond acceptors (Lipinski definition) is 2. The molecule has 2 nitrogen and oxygen atoms in total. The quantitative estimate of drug-likeness (QED) is 0.756. The molecule has 3 aliphatic rings. The van der Waals surface area contributed by atoms with Crippen LogP contribution in [0.15, 0.2) is 0 Å². The van der Waals surface area contributed by atoms with Gasteiger partial charge in [-0.3, -0.25) is 0 Å². The van der Waals surface area contributed by atoms with Gasteiger partial charge in [-0.25, -0.2) is 0 Å². The summed E-state index contributed by atoms with van der Waals surface area (Å²) in [5.74, 6) is 1.81. The second-order valence-electron chi connectivity index (χ2n) is 6.57. The third kappa shape index (κ3) is 2.26. The molecule has 3 fully saturated rings. The van der Waals surface area contributed by atoms with Crippen LogP contribution in [0.4, 0.5) is 0 Å². The maximum atomic E-state index is 6.34. The smallest absolute Gasteiger partial charge is 0.0838 e. The van der Waals surface area contributed by atoms with Crippen LogP contribution in [0.3, 0.4) is 0 Å². The van der Waals surface area contributed by atoms with Crippen molar-refractivity contribution in [1.82, 2.24) is 5.32 Å². The van der Waals surface area contributed by atoms with Crippen molar-refractivity contribution in [3.05, 3.63) is 0 Å². The van der Waals surface area contributed by atoms with E-state index in [1.54, 1.807) is 0 Å². The van der Waals surface area contributed by atoms with Crippen molar-refractivity contribution in [2.75, 3.05) is 13.2 Å². The molecule has 1 saturated heterocycles. The van der Waals surface area contributed by atoms with Gasteiger partial charge in [0.15, 0.2) is 0 Å². The van der Waals surface area contributed by atoms with Gasteiger partial charge in [0.1, 0.15) is 0 Å². The molecule has 2 heteroatoms. The maximum Gasteiger partial charge on any atom is 0.0838 e. The standard InChI is InChI=1S/C15H27NO/c1-12-4-3-8-15(9-7-12)14(13-5-2-6-13)16-10-11-17-15/h12-14,16H,2-11H2,1H3. The molecule has 98 valence electrons. The Hall–Kier alpha value is -0.0800. The van der Waals surface area contributed by atoms with E-state index in [1.807, 2.05) is 0 Å². The van der Waals surface area contributed by atoms with Gasteiger partial charge in [0, 0.05) is 12.6 Å². The predicted molar refractivity (Wildman–Crippen MR) is 70.1 cm³/mol. The van der Waals surface area contributed by atoms with Gasteiger partial charge < -0.3 is 10.1 Å². The highest BCUT2D eigenvalue weighted by atomic mass is 16.5. The molecule has 1 spiro atoms. The lowest BCUT2D eigenvalue weighted by molar-refractivity contribution is -0.127. The number of ether oxygens (including phenoxy) is 1. The molecule has 1 heterocycles. The summed E-state index contributed by atoms with van der Waals surface area (Å²) < 4.78 is 6.34. The molecule has 0 aromatic carbocycles. The van der Waals surface area contributed by atoms with Crippen molar-refractivity contribution >= 4 is 0 Å². The maximum absolute atomic E-state index is 6.34. The van der Waals surface area contributed by atoms with E-state index in [-0.39, 0.29) is 5.60 Å². The number of hydrogen-bond donors (Lipinski definition) is 1. The molecule has 3 rings (SSSR count). The van der Waals surface area contributed by atoms with E-state index in [9.17, 15) is 0 Å². The van der Waals surface area contributed by atoms with Crippen molar-refractivity contribution < 1.29 is 4.74 Å². The van der Waals surface area contributed by atoms with Gasteiger partial charge >= 0.3 is 0 Å². The van der Waals surface area contributed by atoms with E-state index >= 15 is 0 Å². The zero-order valence-electron chi connectivity index (χ0n) is 11.2. The minimum absolute atomic E-state index is 0.202. The average molecular weight is 237 g/mol. The van der Waals surface area contributed by atoms with E-state index in [1.165, 1.54) is 51.4 Å². The Bertz CT molecular complexity index is 264. The van der Waals surface area contributed by atoms with Gasteiger partial charge in [-0.15, -0.1) is 0 Å². The number of nitrogens with one attached hydrogen (secondary N) is 1.